The van der Waals surface area contributed by atoms with Gasteiger partial charge in [-0.1, -0.05) is 108 Å². The number of nitrogens with zero attached hydrogens (tertiary/aromatic N) is 4. The van der Waals surface area contributed by atoms with Crippen LogP contribution in [0.15, 0.2) is 104 Å². The molecule has 7 rings (SSSR count). The lowest BCUT2D eigenvalue weighted by Gasteiger charge is -2.19. The highest BCUT2D eigenvalue weighted by Gasteiger charge is 2.11. The van der Waals surface area contributed by atoms with Crippen LogP contribution in [-0.2, 0) is 11.8 Å². The normalized spacial score (nSPS) is 13.4. The monoisotopic (exact) mass is 612 g/mol. The van der Waals surface area contributed by atoms with E-state index in [-0.39, 0.29) is 0 Å². The zero-order chi connectivity index (χ0) is 32.5. The molecule has 6 aromatic rings. The lowest BCUT2D eigenvalue weighted by molar-refractivity contribution is 0.0654. The fraction of sp³-hybridized carbons (Fsp3) is 0.341. The Hall–Kier alpha value is -4.35. The average molecular weight is 613 g/mol. The predicted molar refractivity (Wildman–Crippen MR) is 193 cm³/mol. The highest BCUT2D eigenvalue weighted by molar-refractivity contribution is 5.89. The molecule has 1 saturated heterocycles. The number of pyridine rings is 2. The van der Waals surface area contributed by atoms with Crippen LogP contribution in [0.5, 0.6) is 0 Å². The minimum Gasteiger partial charge on any atom is -0.381 e. The van der Waals surface area contributed by atoms with E-state index in [9.17, 15) is 0 Å². The van der Waals surface area contributed by atoms with E-state index < -0.39 is 0 Å². The van der Waals surface area contributed by atoms with Crippen LogP contribution in [0.2, 0.25) is 0 Å². The number of hydrogen-bond acceptors (Lipinski definition) is 4. The van der Waals surface area contributed by atoms with Gasteiger partial charge in [0.1, 0.15) is 0 Å². The van der Waals surface area contributed by atoms with Crippen molar-refractivity contribution in [1.82, 2.24) is 19.7 Å². The standard InChI is InChI=1S/C18H17N.C16H17N3.C7H14O/c1-13(2)16-10-6-9-15-11-18(19-12-17(15)16)14-7-4-3-5-8-14;1-11(2)14-6-4-5-12-7-16(17-9-15(12)14)13-8-18-19(3)10-13;1-2-7-3-5-8-6-4-7/h3-13H,1-2H3;4-11H,1-3H3;7H,2-6H2,1H3. The summed E-state index contributed by atoms with van der Waals surface area (Å²) in [7, 11) is 1.92. The first kappa shape index (κ1) is 33.0. The zero-order valence-electron chi connectivity index (χ0n) is 28.3. The first-order valence-corrected chi connectivity index (χ1v) is 16.7. The Kier molecular flexibility index (Phi) is 11.3. The summed E-state index contributed by atoms with van der Waals surface area (Å²) in [5.41, 5.74) is 6.95. The van der Waals surface area contributed by atoms with E-state index in [0.29, 0.717) is 11.8 Å². The van der Waals surface area contributed by atoms with Gasteiger partial charge in [0.05, 0.1) is 17.6 Å². The van der Waals surface area contributed by atoms with E-state index in [2.05, 4.69) is 110 Å². The zero-order valence-corrected chi connectivity index (χ0v) is 28.3. The number of ether oxygens (including phenoxy) is 1. The minimum absolute atomic E-state index is 0.509. The Morgan fingerprint density at radius 2 is 1.24 bits per heavy atom. The number of aromatic nitrogens is 4. The van der Waals surface area contributed by atoms with Crippen LogP contribution in [0.4, 0.5) is 0 Å². The van der Waals surface area contributed by atoms with Gasteiger partial charge in [-0.05, 0) is 64.6 Å². The van der Waals surface area contributed by atoms with Gasteiger partial charge in [0, 0.05) is 60.8 Å². The summed E-state index contributed by atoms with van der Waals surface area (Å²) >= 11 is 0. The molecule has 1 aliphatic rings. The highest BCUT2D eigenvalue weighted by Crippen LogP contribution is 2.29. The Morgan fingerprint density at radius 3 is 1.70 bits per heavy atom. The Bertz CT molecular complexity index is 1830. The highest BCUT2D eigenvalue weighted by atomic mass is 16.5. The molecule has 0 amide bonds. The van der Waals surface area contributed by atoms with Gasteiger partial charge >= 0.3 is 0 Å². The number of rotatable bonds is 5. The molecule has 0 bridgehead atoms. The van der Waals surface area contributed by atoms with Gasteiger partial charge in [0.15, 0.2) is 0 Å². The maximum absolute atomic E-state index is 5.20. The van der Waals surface area contributed by atoms with Crippen molar-refractivity contribution >= 4 is 21.5 Å². The van der Waals surface area contributed by atoms with Crippen LogP contribution in [0.1, 0.15) is 76.8 Å². The Labute approximate surface area is 274 Å². The molecule has 0 unspecified atom stereocenters. The van der Waals surface area contributed by atoms with Gasteiger partial charge in [-0.3, -0.25) is 14.6 Å². The summed E-state index contributed by atoms with van der Waals surface area (Å²) in [5.74, 6) is 1.99. The second kappa shape index (κ2) is 15.8. The molecule has 0 aliphatic carbocycles. The largest absolute Gasteiger partial charge is 0.381 e. The summed E-state index contributed by atoms with van der Waals surface area (Å²) < 4.78 is 7.00. The molecule has 1 fully saturated rings. The molecule has 0 spiro atoms. The Balaban J connectivity index is 0.000000147. The van der Waals surface area contributed by atoms with E-state index in [1.807, 2.05) is 50.0 Å². The first-order chi connectivity index (χ1) is 22.3. The molecule has 3 aromatic carbocycles. The number of fused-ring (bicyclic) bond motifs is 2. The van der Waals surface area contributed by atoms with Crippen molar-refractivity contribution in [2.75, 3.05) is 13.2 Å². The van der Waals surface area contributed by atoms with Gasteiger partial charge in [-0.25, -0.2) is 0 Å². The Morgan fingerprint density at radius 1 is 0.696 bits per heavy atom. The second-order valence-corrected chi connectivity index (χ2v) is 12.8. The van der Waals surface area contributed by atoms with Gasteiger partial charge in [0.25, 0.3) is 0 Å². The van der Waals surface area contributed by atoms with Gasteiger partial charge < -0.3 is 4.74 Å². The molecular weight excluding hydrogens is 564 g/mol. The molecule has 0 atom stereocenters. The molecule has 46 heavy (non-hydrogen) atoms. The van der Waals surface area contributed by atoms with Crippen molar-refractivity contribution in [2.24, 2.45) is 13.0 Å². The topological polar surface area (TPSA) is 52.8 Å². The molecule has 238 valence electrons. The smallest absolute Gasteiger partial charge is 0.0739 e. The van der Waals surface area contributed by atoms with Crippen molar-refractivity contribution < 1.29 is 4.74 Å². The predicted octanol–water partition coefficient (Wildman–Crippen LogP) is 10.6. The molecule has 1 aliphatic heterocycles. The molecule has 3 aromatic heterocycles. The molecule has 4 heterocycles. The summed E-state index contributed by atoms with van der Waals surface area (Å²) in [6.45, 7) is 13.1. The van der Waals surface area contributed by atoms with Gasteiger partial charge in [-0.2, -0.15) is 5.10 Å². The van der Waals surface area contributed by atoms with Crippen molar-refractivity contribution in [1.29, 1.82) is 0 Å². The van der Waals surface area contributed by atoms with E-state index in [0.717, 1.165) is 36.1 Å². The van der Waals surface area contributed by atoms with E-state index in [1.165, 1.54) is 57.5 Å². The minimum atomic E-state index is 0.509. The number of benzene rings is 3. The van der Waals surface area contributed by atoms with Gasteiger partial charge in [0.2, 0.25) is 0 Å². The summed E-state index contributed by atoms with van der Waals surface area (Å²) in [6.07, 6.45) is 11.7. The fourth-order valence-corrected chi connectivity index (χ4v) is 6.03. The van der Waals surface area contributed by atoms with Crippen molar-refractivity contribution in [3.63, 3.8) is 0 Å². The van der Waals surface area contributed by atoms with Crippen LogP contribution >= 0.6 is 0 Å². The maximum Gasteiger partial charge on any atom is 0.0739 e. The van der Waals surface area contributed by atoms with Crippen LogP contribution < -0.4 is 0 Å². The lowest BCUT2D eigenvalue weighted by Crippen LogP contribution is -2.14. The fourth-order valence-electron chi connectivity index (χ4n) is 6.03. The van der Waals surface area contributed by atoms with Gasteiger partial charge in [-0.15, -0.1) is 0 Å². The maximum atomic E-state index is 5.20. The van der Waals surface area contributed by atoms with Crippen LogP contribution in [0, 0.1) is 5.92 Å². The molecule has 5 heteroatoms. The van der Waals surface area contributed by atoms with Crippen LogP contribution in [0.25, 0.3) is 44.1 Å². The van der Waals surface area contributed by atoms with E-state index in [4.69, 9.17) is 4.74 Å². The van der Waals surface area contributed by atoms with E-state index >= 15 is 0 Å². The van der Waals surface area contributed by atoms with E-state index in [1.54, 1.807) is 4.68 Å². The number of hydrogen-bond donors (Lipinski definition) is 0. The third kappa shape index (κ3) is 8.27. The van der Waals surface area contributed by atoms with Crippen molar-refractivity contribution in [3.05, 3.63) is 115 Å². The number of aryl methyl sites for hydroxylation is 1. The third-order valence-corrected chi connectivity index (χ3v) is 8.83. The SMILES string of the molecule is CC(C)c1cccc2cc(-c3ccccc3)ncc12.CC(C)c1cccc2cc(-c3cnn(C)c3)ncc12.CCC1CCOCC1. The molecular formula is C41H48N4O. The molecule has 5 nitrogen and oxygen atoms in total. The molecule has 0 N–H and O–H groups in total. The average Bonchev–Trinajstić information content (AvgIpc) is 3.54. The quantitative estimate of drug-likeness (QED) is 0.194. The van der Waals surface area contributed by atoms with Crippen molar-refractivity contribution in [2.45, 2.75) is 65.7 Å². The summed E-state index contributed by atoms with van der Waals surface area (Å²) in [4.78, 5) is 9.20. The van der Waals surface area contributed by atoms with Crippen LogP contribution in [0.3, 0.4) is 0 Å². The third-order valence-electron chi connectivity index (χ3n) is 8.83. The molecule has 0 saturated carbocycles. The second-order valence-electron chi connectivity index (χ2n) is 12.8. The van der Waals surface area contributed by atoms with Crippen molar-refractivity contribution in [3.8, 4) is 22.5 Å². The first-order valence-electron chi connectivity index (χ1n) is 16.7. The summed E-state index contributed by atoms with van der Waals surface area (Å²) in [5, 5.41) is 9.20. The lowest BCUT2D eigenvalue weighted by atomic mass is 9.96. The van der Waals surface area contributed by atoms with Crippen LogP contribution in [-0.4, -0.2) is 33.0 Å². The molecule has 0 radical (unpaired) electrons. The summed E-state index contributed by atoms with van der Waals surface area (Å²) in [6, 6.07) is 27.6.